The molecule has 3 nitrogen and oxygen atoms in total. The Labute approximate surface area is 111 Å². The third-order valence-corrected chi connectivity index (χ3v) is 3.08. The van der Waals surface area contributed by atoms with Gasteiger partial charge in [0.15, 0.2) is 0 Å². The van der Waals surface area contributed by atoms with Crippen LogP contribution in [0, 0.1) is 13.8 Å². The summed E-state index contributed by atoms with van der Waals surface area (Å²) in [6, 6.07) is 8.19. The zero-order valence-electron chi connectivity index (χ0n) is 9.70. The number of amidine groups is 1. The molecule has 17 heavy (non-hydrogen) atoms. The Kier molecular flexibility index (Phi) is 4.37. The smallest absolute Gasteiger partial charge is 0.304 e. The number of nitrogens with two attached hydrogens (primary N) is 2. The minimum atomic E-state index is 0. The highest BCUT2D eigenvalue weighted by molar-refractivity contribution is 8.13. The van der Waals surface area contributed by atoms with E-state index in [9.17, 15) is 0 Å². The van der Waals surface area contributed by atoms with Crippen molar-refractivity contribution in [2.24, 2.45) is 5.73 Å². The summed E-state index contributed by atoms with van der Waals surface area (Å²) in [7, 11) is 0. The average Bonchev–Trinajstić information content (AvgIpc) is 2.18. The summed E-state index contributed by atoms with van der Waals surface area (Å²) in [4.78, 5) is 5.54. The maximum Gasteiger partial charge on any atom is 0.304 e. The largest absolute Gasteiger partial charge is 1.00 e. The Morgan fingerprint density at radius 2 is 2.00 bits per heavy atom. The first-order valence-electron chi connectivity index (χ1n) is 5.00. The van der Waals surface area contributed by atoms with Gasteiger partial charge in [-0.05, 0) is 43.8 Å². The predicted molar refractivity (Wildman–Crippen MR) is 68.2 cm³/mol. The Morgan fingerprint density at radius 3 is 2.65 bits per heavy atom. The quantitative estimate of drug-likeness (QED) is 0.358. The van der Waals surface area contributed by atoms with Crippen LogP contribution in [0.1, 0.15) is 11.3 Å². The molecule has 0 aliphatic carbocycles. The molecule has 0 saturated carbocycles. The summed E-state index contributed by atoms with van der Waals surface area (Å²) in [5.74, 6) is 0. The van der Waals surface area contributed by atoms with Crippen molar-refractivity contribution in [3.05, 3.63) is 35.5 Å². The van der Waals surface area contributed by atoms with Crippen molar-refractivity contribution in [1.29, 1.82) is 0 Å². The van der Waals surface area contributed by atoms with E-state index in [1.54, 1.807) is 0 Å². The summed E-state index contributed by atoms with van der Waals surface area (Å²) < 4.78 is 0. The van der Waals surface area contributed by atoms with Gasteiger partial charge in [-0.1, -0.05) is 11.6 Å². The lowest BCUT2D eigenvalue weighted by atomic mass is 10.1. The predicted octanol–water partition coefficient (Wildman–Crippen LogP) is -1.98. The molecule has 4 N–H and O–H groups in total. The Morgan fingerprint density at radius 1 is 1.29 bits per heavy atom. The van der Waals surface area contributed by atoms with Gasteiger partial charge in [-0.25, -0.2) is 0 Å². The number of hydrogen-bond acceptors (Lipinski definition) is 2. The van der Waals surface area contributed by atoms with Gasteiger partial charge < -0.3 is 12.4 Å². The number of rotatable bonds is 1. The van der Waals surface area contributed by atoms with Crippen LogP contribution < -0.4 is 23.5 Å². The second kappa shape index (κ2) is 5.38. The maximum absolute atomic E-state index is 5.54. The first-order chi connectivity index (χ1) is 7.56. The Balaban J connectivity index is 0.00000144. The number of halogens is 1. The van der Waals surface area contributed by atoms with Crippen molar-refractivity contribution in [3.8, 4) is 0 Å². The first-order valence-corrected chi connectivity index (χ1v) is 5.81. The monoisotopic (exact) mass is 267 g/mol. The fraction of sp³-hybridized carbons (Fsp3) is 0.167. The van der Waals surface area contributed by atoms with Gasteiger partial charge in [0.25, 0.3) is 0 Å². The number of thioether (sulfide) groups is 1. The number of benzene rings is 1. The van der Waals surface area contributed by atoms with E-state index in [0.717, 1.165) is 21.5 Å². The number of nitrogens with zero attached hydrogens (tertiary/aromatic N) is 1. The molecule has 0 aliphatic rings. The lowest BCUT2D eigenvalue weighted by Crippen LogP contribution is -3.00. The summed E-state index contributed by atoms with van der Waals surface area (Å²) in [6.07, 6.45) is 0. The second-order valence-electron chi connectivity index (χ2n) is 3.79. The van der Waals surface area contributed by atoms with Crippen LogP contribution in [0.25, 0.3) is 10.9 Å². The highest BCUT2D eigenvalue weighted by atomic mass is 35.5. The fourth-order valence-corrected chi connectivity index (χ4v) is 2.40. The topological polar surface area (TPSA) is 64.5 Å². The molecule has 0 amide bonds. The fourth-order valence-electron chi connectivity index (χ4n) is 1.65. The molecule has 0 saturated heterocycles. The van der Waals surface area contributed by atoms with Crippen LogP contribution in [-0.2, 0) is 0 Å². The highest BCUT2D eigenvalue weighted by Gasteiger charge is 2.08. The minimum Gasteiger partial charge on any atom is -1.00 e. The third-order valence-electron chi connectivity index (χ3n) is 2.28. The van der Waals surface area contributed by atoms with Crippen LogP contribution in [0.5, 0.6) is 0 Å². The summed E-state index contributed by atoms with van der Waals surface area (Å²) in [5, 5.41) is 7.00. The molecule has 1 aromatic carbocycles. The van der Waals surface area contributed by atoms with Crippen LogP contribution in [0.15, 0.2) is 29.2 Å². The molecule has 0 fully saturated rings. The first kappa shape index (κ1) is 13.8. The van der Waals surface area contributed by atoms with Gasteiger partial charge >= 0.3 is 5.17 Å². The lowest BCUT2D eigenvalue weighted by Gasteiger charge is -2.05. The number of fused-ring (bicyclic) bond motifs is 1. The van der Waals surface area contributed by atoms with Crippen molar-refractivity contribution in [2.45, 2.75) is 18.7 Å². The van der Waals surface area contributed by atoms with Crippen molar-refractivity contribution in [1.82, 2.24) is 4.98 Å². The highest BCUT2D eigenvalue weighted by Crippen LogP contribution is 2.27. The molecule has 0 aliphatic heterocycles. The van der Waals surface area contributed by atoms with Gasteiger partial charge in [-0.3, -0.25) is 16.1 Å². The Hall–Kier alpha value is -1.26. The van der Waals surface area contributed by atoms with E-state index in [-0.39, 0.29) is 12.4 Å². The second-order valence-corrected chi connectivity index (χ2v) is 4.90. The zero-order chi connectivity index (χ0) is 11.7. The summed E-state index contributed by atoms with van der Waals surface area (Å²) in [5.41, 5.74) is 8.70. The van der Waals surface area contributed by atoms with Crippen molar-refractivity contribution in [2.75, 3.05) is 0 Å². The van der Waals surface area contributed by atoms with E-state index in [4.69, 9.17) is 11.1 Å². The third kappa shape index (κ3) is 3.11. The number of pyridine rings is 1. The number of aromatic nitrogens is 1. The standard InChI is InChI=1S/C12H13N3S.ClH/c1-7-3-4-10-9(5-7)11(16-12(13)14)6-8(2)15-10;/h3-6H,1-2H3,(H3,13,14);1H. The summed E-state index contributed by atoms with van der Waals surface area (Å²) >= 11 is 1.38. The molecule has 2 rings (SSSR count). The molecular formula is C12H14ClN3S. The van der Waals surface area contributed by atoms with Crippen LogP contribution in [0.2, 0.25) is 0 Å². The maximum atomic E-state index is 5.54. The van der Waals surface area contributed by atoms with Crippen LogP contribution in [0.3, 0.4) is 0 Å². The molecule has 1 heterocycles. The molecule has 1 aromatic heterocycles. The molecule has 0 unspecified atom stereocenters. The molecule has 0 spiro atoms. The van der Waals surface area contributed by atoms with Gasteiger partial charge in [0.1, 0.15) is 0 Å². The lowest BCUT2D eigenvalue weighted by molar-refractivity contribution is -0.110. The van der Waals surface area contributed by atoms with Crippen molar-refractivity contribution >= 4 is 27.8 Å². The van der Waals surface area contributed by atoms with Crippen molar-refractivity contribution < 1.29 is 17.8 Å². The van der Waals surface area contributed by atoms with E-state index < -0.39 is 0 Å². The van der Waals surface area contributed by atoms with Gasteiger partial charge in [-0.2, -0.15) is 0 Å². The molecular weight excluding hydrogens is 254 g/mol. The normalized spacial score (nSPS) is 10.0. The van der Waals surface area contributed by atoms with Gasteiger partial charge in [0.2, 0.25) is 0 Å². The van der Waals surface area contributed by atoms with Crippen LogP contribution in [0.4, 0.5) is 0 Å². The number of hydrogen-bond donors (Lipinski definition) is 2. The molecule has 0 bridgehead atoms. The SMILES string of the molecule is Cc1ccc2nc(C)cc(SC(N)=[NH2+])c2c1.[Cl-]. The molecule has 0 radical (unpaired) electrons. The zero-order valence-corrected chi connectivity index (χ0v) is 11.3. The van der Waals surface area contributed by atoms with E-state index in [1.165, 1.54) is 17.3 Å². The number of aryl methyl sites for hydroxylation is 2. The van der Waals surface area contributed by atoms with Crippen LogP contribution >= 0.6 is 11.8 Å². The molecule has 5 heteroatoms. The molecule has 2 aromatic rings. The Bertz CT molecular complexity index is 569. The van der Waals surface area contributed by atoms with Gasteiger partial charge in [0, 0.05) is 16.0 Å². The molecule has 90 valence electrons. The van der Waals surface area contributed by atoms with E-state index in [2.05, 4.69) is 24.0 Å². The van der Waals surface area contributed by atoms with E-state index in [0.29, 0.717) is 5.17 Å². The van der Waals surface area contributed by atoms with Gasteiger partial charge in [-0.15, -0.1) is 0 Å². The van der Waals surface area contributed by atoms with Crippen molar-refractivity contribution in [3.63, 3.8) is 0 Å². The van der Waals surface area contributed by atoms with Gasteiger partial charge in [0.05, 0.1) is 5.52 Å². The van der Waals surface area contributed by atoms with E-state index >= 15 is 0 Å². The van der Waals surface area contributed by atoms with Crippen LogP contribution in [-0.4, -0.2) is 10.2 Å². The average molecular weight is 268 g/mol. The summed E-state index contributed by atoms with van der Waals surface area (Å²) in [6.45, 7) is 4.03. The molecule has 0 atom stereocenters. The van der Waals surface area contributed by atoms with E-state index in [1.807, 2.05) is 19.1 Å². The minimum absolute atomic E-state index is 0.